The van der Waals surface area contributed by atoms with Crippen LogP contribution in [0.4, 0.5) is 0 Å². The Morgan fingerprint density at radius 2 is 1.50 bits per heavy atom. The van der Waals surface area contributed by atoms with E-state index in [9.17, 15) is 0 Å². The maximum Gasteiger partial charge on any atom is 0.0437 e. The second-order valence-corrected chi connectivity index (χ2v) is 0.781. The standard InChI is InChI=1S/C4H10O.Ce/c1-3-5-4-2;/h3-4H2,1-2H3;. The molecule has 0 unspecified atom stereocenters. The molecule has 0 aliphatic carbocycles. The molecular formula is C4H10CeO. The largest absolute Gasteiger partial charge is 0.382 e. The normalized spacial score (nSPS) is 7.00. The molecular weight excluding hydrogens is 204 g/mol. The van der Waals surface area contributed by atoms with Gasteiger partial charge in [-0.05, 0) is 13.8 Å². The molecule has 0 aromatic heterocycles. The molecule has 1 nitrogen and oxygen atoms in total. The van der Waals surface area contributed by atoms with Crippen LogP contribution in [0.25, 0.3) is 0 Å². The van der Waals surface area contributed by atoms with E-state index in [1.54, 1.807) is 0 Å². The van der Waals surface area contributed by atoms with Crippen LogP contribution in [0.3, 0.4) is 0 Å². The van der Waals surface area contributed by atoms with E-state index in [4.69, 9.17) is 4.74 Å². The zero-order valence-corrected chi connectivity index (χ0v) is 7.46. The quantitative estimate of drug-likeness (QED) is 0.667. The Morgan fingerprint density at radius 1 is 1.17 bits per heavy atom. The summed E-state index contributed by atoms with van der Waals surface area (Å²) < 4.78 is 4.83. The molecule has 0 aromatic rings. The molecule has 0 rings (SSSR count). The fourth-order valence-corrected chi connectivity index (χ4v) is 0.204. The van der Waals surface area contributed by atoms with E-state index in [2.05, 4.69) is 0 Å². The summed E-state index contributed by atoms with van der Waals surface area (Å²) in [6.45, 7) is 5.67. The van der Waals surface area contributed by atoms with Crippen LogP contribution in [-0.2, 0) is 4.74 Å². The van der Waals surface area contributed by atoms with Crippen molar-refractivity contribution < 1.29 is 46.5 Å². The average Bonchev–Trinajstić information content (AvgIpc) is 1.41. The molecule has 36 valence electrons. The van der Waals surface area contributed by atoms with Gasteiger partial charge in [-0.1, -0.05) is 0 Å². The average molecular weight is 214 g/mol. The van der Waals surface area contributed by atoms with E-state index in [0.717, 1.165) is 13.2 Å². The maximum atomic E-state index is 4.83. The van der Waals surface area contributed by atoms with Crippen molar-refractivity contribution in [1.29, 1.82) is 0 Å². The van der Waals surface area contributed by atoms with Crippen molar-refractivity contribution in [3.8, 4) is 0 Å². The van der Waals surface area contributed by atoms with Crippen molar-refractivity contribution in [2.75, 3.05) is 13.2 Å². The van der Waals surface area contributed by atoms with Gasteiger partial charge in [-0.25, -0.2) is 0 Å². The van der Waals surface area contributed by atoms with Crippen molar-refractivity contribution >= 4 is 0 Å². The van der Waals surface area contributed by atoms with E-state index in [1.165, 1.54) is 0 Å². The van der Waals surface area contributed by atoms with Gasteiger partial charge >= 0.3 is 0 Å². The van der Waals surface area contributed by atoms with Crippen molar-refractivity contribution in [2.24, 2.45) is 0 Å². The van der Waals surface area contributed by atoms with Gasteiger partial charge in [-0.3, -0.25) is 0 Å². The molecule has 0 heterocycles. The van der Waals surface area contributed by atoms with Gasteiger partial charge in [0.15, 0.2) is 0 Å². The Hall–Kier alpha value is 1.34. The Morgan fingerprint density at radius 3 is 1.50 bits per heavy atom. The van der Waals surface area contributed by atoms with Gasteiger partial charge in [0.25, 0.3) is 0 Å². The van der Waals surface area contributed by atoms with Crippen molar-refractivity contribution in [3.63, 3.8) is 0 Å². The second kappa shape index (κ2) is 9.60. The van der Waals surface area contributed by atoms with Crippen LogP contribution in [0.5, 0.6) is 0 Å². The topological polar surface area (TPSA) is 9.23 Å². The number of hydrogen-bond donors (Lipinski definition) is 0. The van der Waals surface area contributed by atoms with Crippen molar-refractivity contribution in [3.05, 3.63) is 0 Å². The fourth-order valence-electron chi connectivity index (χ4n) is 0.204. The molecule has 0 N–H and O–H groups in total. The smallest absolute Gasteiger partial charge is 0.0437 e. The van der Waals surface area contributed by atoms with Gasteiger partial charge in [-0.15, -0.1) is 0 Å². The third kappa shape index (κ3) is 9.01. The second-order valence-electron chi connectivity index (χ2n) is 0.781. The molecule has 0 saturated heterocycles. The number of hydrogen-bond acceptors (Lipinski definition) is 1. The summed E-state index contributed by atoms with van der Waals surface area (Å²) in [5.74, 6) is 0. The molecule has 0 aromatic carbocycles. The Bertz CT molecular complexity index is 15.0. The summed E-state index contributed by atoms with van der Waals surface area (Å²) >= 11 is 0. The van der Waals surface area contributed by atoms with Gasteiger partial charge in [0.05, 0.1) is 0 Å². The predicted octanol–water partition coefficient (Wildman–Crippen LogP) is 1.04. The predicted molar refractivity (Wildman–Crippen MR) is 22.2 cm³/mol. The van der Waals surface area contributed by atoms with Crippen LogP contribution in [0.1, 0.15) is 13.8 Å². The fraction of sp³-hybridized carbons (Fsp3) is 1.00. The molecule has 0 aliphatic heterocycles. The molecule has 6 heavy (non-hydrogen) atoms. The third-order valence-corrected chi connectivity index (χ3v) is 0.408. The molecule has 0 atom stereocenters. The summed E-state index contributed by atoms with van der Waals surface area (Å²) in [6.07, 6.45) is 0. The summed E-state index contributed by atoms with van der Waals surface area (Å²) in [4.78, 5) is 0. The van der Waals surface area contributed by atoms with Crippen LogP contribution in [-0.4, -0.2) is 13.2 Å². The number of ether oxygens (including phenoxy) is 1. The van der Waals surface area contributed by atoms with Crippen LogP contribution < -0.4 is 0 Å². The van der Waals surface area contributed by atoms with Gasteiger partial charge in [0.1, 0.15) is 0 Å². The zero-order chi connectivity index (χ0) is 4.12. The van der Waals surface area contributed by atoms with E-state index in [1.807, 2.05) is 13.8 Å². The summed E-state index contributed by atoms with van der Waals surface area (Å²) in [5, 5.41) is 0. The van der Waals surface area contributed by atoms with E-state index >= 15 is 0 Å². The van der Waals surface area contributed by atoms with E-state index in [-0.39, 0.29) is 41.7 Å². The van der Waals surface area contributed by atoms with Crippen LogP contribution in [0, 0.1) is 41.7 Å². The summed E-state index contributed by atoms with van der Waals surface area (Å²) in [6, 6.07) is 0. The first kappa shape index (κ1) is 10.3. The maximum absolute atomic E-state index is 4.83. The first-order valence-electron chi connectivity index (χ1n) is 1.99. The Labute approximate surface area is 72.8 Å². The van der Waals surface area contributed by atoms with Gasteiger partial charge in [0.2, 0.25) is 0 Å². The monoisotopic (exact) mass is 214 g/mol. The Balaban J connectivity index is 0. The zero-order valence-electron chi connectivity index (χ0n) is 4.32. The molecule has 0 aliphatic rings. The minimum atomic E-state index is 0. The minimum Gasteiger partial charge on any atom is -0.382 e. The summed E-state index contributed by atoms with van der Waals surface area (Å²) in [5.41, 5.74) is 0. The first-order valence-corrected chi connectivity index (χ1v) is 1.99. The van der Waals surface area contributed by atoms with Crippen molar-refractivity contribution in [2.45, 2.75) is 13.8 Å². The van der Waals surface area contributed by atoms with Crippen molar-refractivity contribution in [1.82, 2.24) is 0 Å². The van der Waals surface area contributed by atoms with Crippen LogP contribution >= 0.6 is 0 Å². The molecule has 0 fully saturated rings. The SMILES string of the molecule is CCOCC.[Ce]. The Kier molecular flexibility index (Phi) is 16.5. The van der Waals surface area contributed by atoms with Crippen LogP contribution in [0.2, 0.25) is 0 Å². The molecule has 0 radical (unpaired) electrons. The molecule has 0 spiro atoms. The van der Waals surface area contributed by atoms with Gasteiger partial charge in [0, 0.05) is 55.0 Å². The van der Waals surface area contributed by atoms with E-state index < -0.39 is 0 Å². The number of rotatable bonds is 2. The summed E-state index contributed by atoms with van der Waals surface area (Å²) in [7, 11) is 0. The third-order valence-electron chi connectivity index (χ3n) is 0.408. The molecule has 0 amide bonds. The minimum absolute atomic E-state index is 0. The molecule has 0 bridgehead atoms. The van der Waals surface area contributed by atoms with E-state index in [0.29, 0.717) is 0 Å². The van der Waals surface area contributed by atoms with Gasteiger partial charge in [-0.2, -0.15) is 0 Å². The van der Waals surface area contributed by atoms with Gasteiger partial charge < -0.3 is 4.74 Å². The molecule has 2 heteroatoms. The van der Waals surface area contributed by atoms with Crippen LogP contribution in [0.15, 0.2) is 0 Å². The molecule has 0 saturated carbocycles. The first-order chi connectivity index (χ1) is 2.41.